The first-order chi connectivity index (χ1) is 16.4. The monoisotopic (exact) mass is 565 g/mol. The van der Waals surface area contributed by atoms with Crippen LogP contribution in [0.4, 0.5) is 11.8 Å². The van der Waals surface area contributed by atoms with Crippen molar-refractivity contribution < 1.29 is 0 Å². The summed E-state index contributed by atoms with van der Waals surface area (Å²) in [6.07, 6.45) is 6.93. The molecule has 0 saturated carbocycles. The maximum Gasteiger partial charge on any atom is 0.228 e. The van der Waals surface area contributed by atoms with E-state index in [2.05, 4.69) is 69.6 Å². The van der Waals surface area contributed by atoms with Crippen LogP contribution in [0.25, 0.3) is 0 Å². The fraction of sp³-hybridized carbons (Fsp3) is 0.318. The molecule has 0 saturated heterocycles. The van der Waals surface area contributed by atoms with Crippen LogP contribution < -0.4 is 9.80 Å². The van der Waals surface area contributed by atoms with Gasteiger partial charge in [-0.15, -0.1) is 0 Å². The van der Waals surface area contributed by atoms with Crippen LogP contribution in [0.3, 0.4) is 0 Å². The van der Waals surface area contributed by atoms with E-state index in [0.717, 1.165) is 34.9 Å². The molecule has 0 aliphatic rings. The molecule has 0 amide bonds. The largest absolute Gasteiger partial charge is 0.348 e. The second-order valence-corrected chi connectivity index (χ2v) is 9.11. The highest BCUT2D eigenvalue weighted by Crippen LogP contribution is 2.20. The number of pyridine rings is 1. The van der Waals surface area contributed by atoms with E-state index in [1.807, 2.05) is 36.2 Å². The van der Waals surface area contributed by atoms with E-state index in [0.29, 0.717) is 28.8 Å². The number of hydrogen-bond donors (Lipinski definition) is 2. The van der Waals surface area contributed by atoms with Gasteiger partial charge in [-0.05, 0) is 48.8 Å². The molecule has 0 bridgehead atoms. The average Bonchev–Trinajstić information content (AvgIpc) is 3.49. The number of H-pyrrole nitrogens is 2. The number of hydrogen-bond acceptors (Lipinski definition) is 7. The molecule has 4 heterocycles. The van der Waals surface area contributed by atoms with E-state index in [9.17, 15) is 0 Å². The number of anilines is 2. The van der Waals surface area contributed by atoms with Gasteiger partial charge in [-0.1, -0.05) is 29.3 Å². The van der Waals surface area contributed by atoms with Crippen molar-refractivity contribution in [2.24, 2.45) is 0 Å². The Bertz CT molecular complexity index is 1120. The Labute approximate surface area is 217 Å². The summed E-state index contributed by atoms with van der Waals surface area (Å²) >= 11 is 15.1. The number of nitrogens with zero attached hydrogens (tertiary/aromatic N) is 7. The predicted molar refractivity (Wildman–Crippen MR) is 139 cm³/mol. The highest BCUT2D eigenvalue weighted by molar-refractivity contribution is 9.10. The molecule has 0 spiro atoms. The molecule has 9 nitrogen and oxygen atoms in total. The zero-order chi connectivity index (χ0) is 24.5. The Morgan fingerprint density at radius 2 is 1.56 bits per heavy atom. The summed E-state index contributed by atoms with van der Waals surface area (Å²) in [5.74, 6) is 1.48. The van der Waals surface area contributed by atoms with E-state index >= 15 is 0 Å². The van der Waals surface area contributed by atoms with Crippen LogP contribution in [-0.2, 0) is 13.1 Å². The Balaban J connectivity index is 0.000000191. The lowest BCUT2D eigenvalue weighted by Crippen LogP contribution is -2.31. The molecule has 0 aliphatic heterocycles. The first kappa shape index (κ1) is 25.9. The highest BCUT2D eigenvalue weighted by atomic mass is 79.9. The van der Waals surface area contributed by atoms with Crippen molar-refractivity contribution in [1.82, 2.24) is 34.9 Å². The minimum atomic E-state index is 0.336. The molecule has 0 atom stereocenters. The summed E-state index contributed by atoms with van der Waals surface area (Å²) in [7, 11) is 0. The van der Waals surface area contributed by atoms with E-state index < -0.39 is 0 Å². The van der Waals surface area contributed by atoms with E-state index in [4.69, 9.17) is 23.2 Å². The molecule has 4 rings (SSSR count). The van der Waals surface area contributed by atoms with Crippen molar-refractivity contribution in [3.05, 3.63) is 75.6 Å². The van der Waals surface area contributed by atoms with Crippen LogP contribution in [-0.4, -0.2) is 47.5 Å². The fourth-order valence-corrected chi connectivity index (χ4v) is 3.81. The van der Waals surface area contributed by atoms with Crippen molar-refractivity contribution in [2.75, 3.05) is 16.3 Å². The van der Waals surface area contributed by atoms with Crippen LogP contribution in [0, 0.1) is 0 Å². The van der Waals surface area contributed by atoms with Crippen LogP contribution in [0.2, 0.25) is 10.3 Å². The van der Waals surface area contributed by atoms with Gasteiger partial charge in [-0.2, -0.15) is 0 Å². The van der Waals surface area contributed by atoms with Crippen molar-refractivity contribution in [1.29, 1.82) is 0 Å². The topological polar surface area (TPSA) is 103 Å². The summed E-state index contributed by atoms with van der Waals surface area (Å²) in [4.78, 5) is 31.1. The summed E-state index contributed by atoms with van der Waals surface area (Å²) in [5.41, 5.74) is 2.06. The molecule has 0 unspecified atom stereocenters. The quantitative estimate of drug-likeness (QED) is 0.214. The summed E-state index contributed by atoms with van der Waals surface area (Å²) in [6.45, 7) is 8.47. The molecular weight excluding hydrogens is 541 g/mol. The number of rotatable bonds is 8. The normalized spacial score (nSPS) is 10.7. The van der Waals surface area contributed by atoms with Gasteiger partial charge < -0.3 is 19.8 Å². The van der Waals surface area contributed by atoms with Crippen molar-refractivity contribution in [3.63, 3.8) is 0 Å². The van der Waals surface area contributed by atoms with Gasteiger partial charge in [-0.3, -0.25) is 0 Å². The van der Waals surface area contributed by atoms with Gasteiger partial charge >= 0.3 is 0 Å². The lowest BCUT2D eigenvalue weighted by atomic mass is 10.3. The molecule has 4 aromatic heterocycles. The Kier molecular flexibility index (Phi) is 9.67. The van der Waals surface area contributed by atoms with E-state index in [1.54, 1.807) is 18.9 Å². The van der Waals surface area contributed by atoms with Gasteiger partial charge in [-0.25, -0.2) is 24.9 Å². The van der Waals surface area contributed by atoms with Gasteiger partial charge in [0.15, 0.2) is 0 Å². The molecule has 0 radical (unpaired) electrons. The molecule has 12 heteroatoms. The maximum absolute atomic E-state index is 5.85. The molecule has 180 valence electrons. The van der Waals surface area contributed by atoms with Gasteiger partial charge in [0.1, 0.15) is 20.7 Å². The van der Waals surface area contributed by atoms with Crippen LogP contribution in [0.5, 0.6) is 0 Å². The SMILES string of the molecule is CC(C)N(Cc1cnc[nH]1)c1cccc(Br)n1.CCN(Cc1cnc[nH]1)c1nc(Cl)cc(Cl)n1. The number of halogens is 3. The second-order valence-electron chi connectivity index (χ2n) is 7.52. The lowest BCUT2D eigenvalue weighted by Gasteiger charge is -2.27. The van der Waals surface area contributed by atoms with Crippen LogP contribution in [0.15, 0.2) is 53.9 Å². The Hall–Kier alpha value is -2.69. The minimum absolute atomic E-state index is 0.336. The highest BCUT2D eigenvalue weighted by Gasteiger charge is 2.13. The van der Waals surface area contributed by atoms with E-state index in [-0.39, 0.29) is 0 Å². The molecule has 0 fully saturated rings. The number of nitrogens with one attached hydrogen (secondary N) is 2. The molecule has 0 aromatic carbocycles. The molecular formula is C22H26BrCl2N9. The van der Waals surface area contributed by atoms with Gasteiger partial charge in [0.25, 0.3) is 0 Å². The molecule has 2 N–H and O–H groups in total. The van der Waals surface area contributed by atoms with Gasteiger partial charge in [0.2, 0.25) is 5.95 Å². The minimum Gasteiger partial charge on any atom is -0.348 e. The first-order valence-electron chi connectivity index (χ1n) is 10.6. The van der Waals surface area contributed by atoms with Crippen molar-refractivity contribution in [3.8, 4) is 0 Å². The number of aromatic amines is 2. The zero-order valence-electron chi connectivity index (χ0n) is 19.1. The number of imidazole rings is 2. The Morgan fingerprint density at radius 3 is 2.06 bits per heavy atom. The Morgan fingerprint density at radius 1 is 0.941 bits per heavy atom. The van der Waals surface area contributed by atoms with Crippen LogP contribution in [0.1, 0.15) is 32.2 Å². The van der Waals surface area contributed by atoms with Gasteiger partial charge in [0.05, 0.1) is 37.1 Å². The summed E-state index contributed by atoms with van der Waals surface area (Å²) < 4.78 is 0.852. The third-order valence-electron chi connectivity index (χ3n) is 4.75. The zero-order valence-corrected chi connectivity index (χ0v) is 22.2. The number of aromatic nitrogens is 7. The predicted octanol–water partition coefficient (Wildman–Crippen LogP) is 5.52. The smallest absolute Gasteiger partial charge is 0.228 e. The molecule has 0 aliphatic carbocycles. The standard InChI is InChI=1S/C12H15BrN4.C10H11Cl2N5/c1-9(2)17(7-10-6-14-8-15-10)12-5-3-4-11(13)16-12;1-2-17(5-7-4-13-6-14-7)10-15-8(11)3-9(12)16-10/h3-6,8-9H,7H2,1-2H3,(H,14,15);3-4,6H,2,5H2,1H3,(H,13,14). The molecule has 34 heavy (non-hydrogen) atoms. The third-order valence-corrected chi connectivity index (χ3v) is 5.57. The average molecular weight is 567 g/mol. The summed E-state index contributed by atoms with van der Waals surface area (Å²) in [6, 6.07) is 7.82. The lowest BCUT2D eigenvalue weighted by molar-refractivity contribution is 0.665. The second kappa shape index (κ2) is 12.7. The molecule has 4 aromatic rings. The van der Waals surface area contributed by atoms with Crippen LogP contribution >= 0.6 is 39.1 Å². The summed E-state index contributed by atoms with van der Waals surface area (Å²) in [5, 5.41) is 0.672. The van der Waals surface area contributed by atoms with E-state index in [1.165, 1.54) is 6.07 Å². The fourth-order valence-electron chi connectivity index (χ4n) is 3.06. The van der Waals surface area contributed by atoms with Gasteiger partial charge in [0, 0.05) is 31.0 Å². The van der Waals surface area contributed by atoms with Crippen molar-refractivity contribution >= 4 is 50.9 Å². The first-order valence-corrected chi connectivity index (χ1v) is 12.2. The maximum atomic E-state index is 5.85. The third kappa shape index (κ3) is 7.68. The van der Waals surface area contributed by atoms with Crippen molar-refractivity contribution in [2.45, 2.75) is 39.9 Å².